The SMILES string of the molecule is CCCCCCCCCCCCOCCCCOS(=O)(=O)O. The van der Waals surface area contributed by atoms with E-state index in [1.807, 2.05) is 0 Å². The van der Waals surface area contributed by atoms with E-state index in [2.05, 4.69) is 11.1 Å². The maximum Gasteiger partial charge on any atom is 0.397 e. The predicted octanol–water partition coefficient (Wildman–Crippen LogP) is 4.52. The summed E-state index contributed by atoms with van der Waals surface area (Å²) in [5.74, 6) is 0. The summed E-state index contributed by atoms with van der Waals surface area (Å²) >= 11 is 0. The van der Waals surface area contributed by atoms with Gasteiger partial charge in [0.2, 0.25) is 0 Å². The monoisotopic (exact) mass is 338 g/mol. The van der Waals surface area contributed by atoms with Gasteiger partial charge in [0.05, 0.1) is 6.61 Å². The van der Waals surface area contributed by atoms with Gasteiger partial charge < -0.3 is 4.74 Å². The number of hydrogen-bond donors (Lipinski definition) is 1. The zero-order valence-corrected chi connectivity index (χ0v) is 14.9. The van der Waals surface area contributed by atoms with Gasteiger partial charge in [-0.1, -0.05) is 64.7 Å². The van der Waals surface area contributed by atoms with Crippen LogP contribution in [0.25, 0.3) is 0 Å². The van der Waals surface area contributed by atoms with Crippen LogP contribution in [0.3, 0.4) is 0 Å². The lowest BCUT2D eigenvalue weighted by molar-refractivity contribution is 0.122. The van der Waals surface area contributed by atoms with Gasteiger partial charge in [0.25, 0.3) is 0 Å². The molecule has 0 spiro atoms. The van der Waals surface area contributed by atoms with Gasteiger partial charge in [0, 0.05) is 13.2 Å². The molecule has 0 aliphatic heterocycles. The minimum Gasteiger partial charge on any atom is -0.381 e. The van der Waals surface area contributed by atoms with Gasteiger partial charge in [0.1, 0.15) is 0 Å². The molecular formula is C16H34O5S. The molecule has 0 heterocycles. The fourth-order valence-corrected chi connectivity index (χ4v) is 2.59. The lowest BCUT2D eigenvalue weighted by Gasteiger charge is -2.05. The first-order valence-electron chi connectivity index (χ1n) is 8.76. The highest BCUT2D eigenvalue weighted by Gasteiger charge is 2.02. The third kappa shape index (κ3) is 19.8. The Morgan fingerprint density at radius 1 is 0.682 bits per heavy atom. The molecule has 0 rings (SSSR count). The van der Waals surface area contributed by atoms with Crippen LogP contribution in [-0.2, 0) is 19.3 Å². The molecule has 1 N–H and O–H groups in total. The summed E-state index contributed by atoms with van der Waals surface area (Å²) in [5.41, 5.74) is 0. The highest BCUT2D eigenvalue weighted by atomic mass is 32.3. The van der Waals surface area contributed by atoms with E-state index in [4.69, 9.17) is 9.29 Å². The van der Waals surface area contributed by atoms with Crippen LogP contribution in [0.2, 0.25) is 0 Å². The van der Waals surface area contributed by atoms with Crippen LogP contribution in [0, 0.1) is 0 Å². The minimum atomic E-state index is -4.28. The Balaban J connectivity index is 3.03. The Labute approximate surface area is 136 Å². The average molecular weight is 339 g/mol. The average Bonchev–Trinajstić information content (AvgIpc) is 2.45. The summed E-state index contributed by atoms with van der Waals surface area (Å²) in [6.07, 6.45) is 14.5. The molecule has 5 nitrogen and oxygen atoms in total. The van der Waals surface area contributed by atoms with Crippen LogP contribution >= 0.6 is 0 Å². The fraction of sp³-hybridized carbons (Fsp3) is 1.00. The third-order valence-corrected chi connectivity index (χ3v) is 4.02. The second kappa shape index (κ2) is 15.7. The molecule has 0 saturated carbocycles. The Hall–Kier alpha value is -0.170. The van der Waals surface area contributed by atoms with Gasteiger partial charge in [-0.3, -0.25) is 4.55 Å². The standard InChI is InChI=1S/C16H34O5S/c1-2-3-4-5-6-7-8-9-10-11-14-20-15-12-13-16-21-22(17,18)19/h2-16H2,1H3,(H,17,18,19). The maximum atomic E-state index is 10.3. The summed E-state index contributed by atoms with van der Waals surface area (Å²) in [5, 5.41) is 0. The van der Waals surface area contributed by atoms with Crippen molar-refractivity contribution in [1.82, 2.24) is 0 Å². The van der Waals surface area contributed by atoms with Crippen LogP contribution in [0.15, 0.2) is 0 Å². The Morgan fingerprint density at radius 3 is 1.59 bits per heavy atom. The lowest BCUT2D eigenvalue weighted by atomic mass is 10.1. The van der Waals surface area contributed by atoms with Crippen molar-refractivity contribution in [2.75, 3.05) is 19.8 Å². The second-order valence-corrected chi connectivity index (χ2v) is 6.84. The van der Waals surface area contributed by atoms with E-state index in [1.165, 1.54) is 57.8 Å². The fourth-order valence-electron chi connectivity index (χ4n) is 2.26. The molecule has 0 aliphatic carbocycles. The molecule has 0 unspecified atom stereocenters. The van der Waals surface area contributed by atoms with Crippen molar-refractivity contribution in [1.29, 1.82) is 0 Å². The summed E-state index contributed by atoms with van der Waals surface area (Å²) < 4.78 is 38.6. The zero-order valence-electron chi connectivity index (χ0n) is 14.1. The molecule has 0 fully saturated rings. The molecule has 0 bridgehead atoms. The Kier molecular flexibility index (Phi) is 15.6. The zero-order chi connectivity index (χ0) is 16.5. The van der Waals surface area contributed by atoms with Gasteiger partial charge in [-0.2, -0.15) is 8.42 Å². The summed E-state index contributed by atoms with van der Waals surface area (Å²) in [6, 6.07) is 0. The molecule has 6 heteroatoms. The number of rotatable bonds is 17. The number of ether oxygens (including phenoxy) is 1. The first kappa shape index (κ1) is 21.8. The summed E-state index contributed by atoms with van der Waals surface area (Å²) in [4.78, 5) is 0. The predicted molar refractivity (Wildman–Crippen MR) is 89.4 cm³/mol. The van der Waals surface area contributed by atoms with Crippen LogP contribution in [0.5, 0.6) is 0 Å². The number of unbranched alkanes of at least 4 members (excludes halogenated alkanes) is 10. The molecular weight excluding hydrogens is 304 g/mol. The third-order valence-electron chi connectivity index (χ3n) is 3.56. The molecule has 134 valence electrons. The van der Waals surface area contributed by atoms with Crippen LogP contribution < -0.4 is 0 Å². The molecule has 22 heavy (non-hydrogen) atoms. The molecule has 0 aromatic rings. The van der Waals surface area contributed by atoms with Crippen LogP contribution in [-0.4, -0.2) is 32.8 Å². The largest absolute Gasteiger partial charge is 0.397 e. The number of hydrogen-bond acceptors (Lipinski definition) is 4. The van der Waals surface area contributed by atoms with Crippen LogP contribution in [0.4, 0.5) is 0 Å². The van der Waals surface area contributed by atoms with Gasteiger partial charge >= 0.3 is 10.4 Å². The first-order chi connectivity index (χ1) is 10.6. The van der Waals surface area contributed by atoms with Crippen molar-refractivity contribution in [2.45, 2.75) is 84.0 Å². The summed E-state index contributed by atoms with van der Waals surface area (Å²) in [6.45, 7) is 3.65. The molecule has 0 aromatic carbocycles. The van der Waals surface area contributed by atoms with Crippen molar-refractivity contribution < 1.29 is 21.9 Å². The Bertz CT molecular complexity index is 316. The first-order valence-corrected chi connectivity index (χ1v) is 10.1. The van der Waals surface area contributed by atoms with Crippen molar-refractivity contribution in [2.24, 2.45) is 0 Å². The second-order valence-electron chi connectivity index (χ2n) is 5.75. The highest BCUT2D eigenvalue weighted by molar-refractivity contribution is 7.80. The van der Waals surface area contributed by atoms with E-state index < -0.39 is 10.4 Å². The van der Waals surface area contributed by atoms with E-state index in [0.717, 1.165) is 19.4 Å². The van der Waals surface area contributed by atoms with E-state index >= 15 is 0 Å². The van der Waals surface area contributed by atoms with Crippen LogP contribution in [0.1, 0.15) is 84.0 Å². The van der Waals surface area contributed by atoms with E-state index in [-0.39, 0.29) is 6.61 Å². The maximum absolute atomic E-state index is 10.3. The Morgan fingerprint density at radius 2 is 1.09 bits per heavy atom. The molecule has 0 amide bonds. The van der Waals surface area contributed by atoms with Crippen molar-refractivity contribution >= 4 is 10.4 Å². The normalized spacial score (nSPS) is 11.9. The van der Waals surface area contributed by atoms with Gasteiger partial charge in [-0.05, 0) is 19.3 Å². The molecule has 0 aromatic heterocycles. The topological polar surface area (TPSA) is 72.8 Å². The van der Waals surface area contributed by atoms with Gasteiger partial charge in [-0.15, -0.1) is 0 Å². The van der Waals surface area contributed by atoms with E-state index in [0.29, 0.717) is 13.0 Å². The van der Waals surface area contributed by atoms with E-state index in [1.54, 1.807) is 0 Å². The van der Waals surface area contributed by atoms with Crippen molar-refractivity contribution in [3.05, 3.63) is 0 Å². The quantitative estimate of drug-likeness (QED) is 0.312. The van der Waals surface area contributed by atoms with Crippen molar-refractivity contribution in [3.63, 3.8) is 0 Å². The lowest BCUT2D eigenvalue weighted by Crippen LogP contribution is -2.06. The summed E-state index contributed by atoms with van der Waals surface area (Å²) in [7, 11) is -4.28. The highest BCUT2D eigenvalue weighted by Crippen LogP contribution is 2.10. The van der Waals surface area contributed by atoms with Gasteiger partial charge in [0.15, 0.2) is 0 Å². The molecule has 0 radical (unpaired) electrons. The molecule has 0 saturated heterocycles. The minimum absolute atomic E-state index is 0.0143. The smallest absolute Gasteiger partial charge is 0.381 e. The van der Waals surface area contributed by atoms with Crippen molar-refractivity contribution in [3.8, 4) is 0 Å². The molecule has 0 atom stereocenters. The molecule has 0 aliphatic rings. The van der Waals surface area contributed by atoms with Gasteiger partial charge in [-0.25, -0.2) is 4.18 Å². The van der Waals surface area contributed by atoms with E-state index in [9.17, 15) is 8.42 Å².